The molecule has 0 atom stereocenters. The van der Waals surface area contributed by atoms with Gasteiger partial charge in [0.2, 0.25) is 0 Å². The number of nitrogens with zero attached hydrogens (tertiary/aromatic N) is 1. The molecular weight excluding hydrogens is 232 g/mol. The van der Waals surface area contributed by atoms with E-state index in [0.29, 0.717) is 17.1 Å². The van der Waals surface area contributed by atoms with Crippen LogP contribution in [0, 0.1) is 6.92 Å². The van der Waals surface area contributed by atoms with Gasteiger partial charge in [-0.1, -0.05) is 6.07 Å². The zero-order valence-corrected chi connectivity index (χ0v) is 10.2. The van der Waals surface area contributed by atoms with Gasteiger partial charge in [0.1, 0.15) is 11.4 Å². The van der Waals surface area contributed by atoms with Crippen molar-refractivity contribution in [1.29, 1.82) is 0 Å². The van der Waals surface area contributed by atoms with Gasteiger partial charge in [0, 0.05) is 11.8 Å². The molecule has 0 aliphatic rings. The number of anilines is 2. The van der Waals surface area contributed by atoms with E-state index in [4.69, 9.17) is 10.5 Å². The summed E-state index contributed by atoms with van der Waals surface area (Å²) in [4.78, 5) is 11.9. The highest BCUT2D eigenvalue weighted by Gasteiger charge is 2.13. The molecule has 1 heterocycles. The van der Waals surface area contributed by atoms with Gasteiger partial charge in [-0.3, -0.25) is 9.89 Å². The summed E-state index contributed by atoms with van der Waals surface area (Å²) in [5.41, 5.74) is 7.78. The standard InChI is InChI=1S/C12H14N4O2/c1-7-3-4-8(18-2)5-10(7)15-12(17)11-9(13)6-14-16-11/h3-6H,13H2,1-2H3,(H,14,16)(H,15,17). The summed E-state index contributed by atoms with van der Waals surface area (Å²) in [6.45, 7) is 1.89. The summed E-state index contributed by atoms with van der Waals surface area (Å²) in [7, 11) is 1.57. The van der Waals surface area contributed by atoms with Gasteiger partial charge in [0.25, 0.3) is 5.91 Å². The van der Waals surface area contributed by atoms with Crippen molar-refractivity contribution in [2.24, 2.45) is 0 Å². The van der Waals surface area contributed by atoms with Crippen LogP contribution in [-0.2, 0) is 0 Å². The Balaban J connectivity index is 2.24. The fourth-order valence-electron chi connectivity index (χ4n) is 1.52. The SMILES string of the molecule is COc1ccc(C)c(NC(=O)c2[nH]ncc2N)c1. The van der Waals surface area contributed by atoms with Crippen LogP contribution in [0.25, 0.3) is 0 Å². The van der Waals surface area contributed by atoms with Crippen LogP contribution in [-0.4, -0.2) is 23.2 Å². The zero-order valence-electron chi connectivity index (χ0n) is 10.2. The first-order chi connectivity index (χ1) is 8.61. The Kier molecular flexibility index (Phi) is 3.18. The number of aryl methyl sites for hydroxylation is 1. The summed E-state index contributed by atoms with van der Waals surface area (Å²) in [5, 5.41) is 9.02. The molecule has 0 saturated heterocycles. The molecule has 6 nitrogen and oxygen atoms in total. The highest BCUT2D eigenvalue weighted by Crippen LogP contribution is 2.22. The van der Waals surface area contributed by atoms with E-state index in [1.807, 2.05) is 19.1 Å². The van der Waals surface area contributed by atoms with E-state index >= 15 is 0 Å². The predicted molar refractivity (Wildman–Crippen MR) is 68.7 cm³/mol. The second kappa shape index (κ2) is 4.79. The predicted octanol–water partition coefficient (Wildman–Crippen LogP) is 1.56. The van der Waals surface area contributed by atoms with Gasteiger partial charge in [-0.15, -0.1) is 0 Å². The van der Waals surface area contributed by atoms with E-state index < -0.39 is 0 Å². The Hall–Kier alpha value is -2.50. The third-order valence-electron chi connectivity index (χ3n) is 2.59. The van der Waals surface area contributed by atoms with Gasteiger partial charge in [0.05, 0.1) is 19.0 Å². The van der Waals surface area contributed by atoms with Gasteiger partial charge in [-0.05, 0) is 18.6 Å². The zero-order chi connectivity index (χ0) is 13.1. The lowest BCUT2D eigenvalue weighted by molar-refractivity contribution is 0.102. The lowest BCUT2D eigenvalue weighted by Crippen LogP contribution is -2.15. The van der Waals surface area contributed by atoms with Gasteiger partial charge in [-0.25, -0.2) is 0 Å². The van der Waals surface area contributed by atoms with Gasteiger partial charge >= 0.3 is 0 Å². The maximum Gasteiger partial charge on any atom is 0.275 e. The number of hydrogen-bond acceptors (Lipinski definition) is 4. The molecule has 0 unspecified atom stereocenters. The number of nitrogen functional groups attached to an aromatic ring is 1. The number of nitrogens with one attached hydrogen (secondary N) is 2. The third-order valence-corrected chi connectivity index (χ3v) is 2.59. The van der Waals surface area contributed by atoms with Crippen LogP contribution in [0.3, 0.4) is 0 Å². The van der Waals surface area contributed by atoms with Crippen molar-refractivity contribution in [2.75, 3.05) is 18.2 Å². The maximum absolute atomic E-state index is 11.9. The smallest absolute Gasteiger partial charge is 0.275 e. The van der Waals surface area contributed by atoms with E-state index in [1.165, 1.54) is 6.20 Å². The summed E-state index contributed by atoms with van der Waals surface area (Å²) in [6.07, 6.45) is 1.40. The van der Waals surface area contributed by atoms with Crippen LogP contribution in [0.5, 0.6) is 5.75 Å². The molecule has 1 aromatic heterocycles. The second-order valence-corrected chi connectivity index (χ2v) is 3.84. The Morgan fingerprint density at radius 1 is 1.50 bits per heavy atom. The molecule has 0 fully saturated rings. The van der Waals surface area contributed by atoms with Crippen LogP contribution in [0.2, 0.25) is 0 Å². The number of hydrogen-bond donors (Lipinski definition) is 3. The number of benzene rings is 1. The van der Waals surface area contributed by atoms with E-state index in [0.717, 1.165) is 5.56 Å². The number of amides is 1. The normalized spacial score (nSPS) is 10.1. The molecule has 0 aliphatic carbocycles. The number of carbonyl (C=O) groups is 1. The molecule has 6 heteroatoms. The largest absolute Gasteiger partial charge is 0.497 e. The molecule has 1 amide bonds. The fourth-order valence-corrected chi connectivity index (χ4v) is 1.52. The summed E-state index contributed by atoms with van der Waals surface area (Å²) in [6, 6.07) is 5.44. The summed E-state index contributed by atoms with van der Waals surface area (Å²) in [5.74, 6) is 0.342. The molecular formula is C12H14N4O2. The Morgan fingerprint density at radius 3 is 2.89 bits per heavy atom. The highest BCUT2D eigenvalue weighted by molar-refractivity contribution is 6.06. The minimum atomic E-state index is -0.332. The lowest BCUT2D eigenvalue weighted by atomic mass is 10.2. The molecule has 0 saturated carbocycles. The molecule has 18 heavy (non-hydrogen) atoms. The summed E-state index contributed by atoms with van der Waals surface area (Å²) >= 11 is 0. The van der Waals surface area contributed by atoms with Crippen molar-refractivity contribution in [3.8, 4) is 5.75 Å². The number of methoxy groups -OCH3 is 1. The lowest BCUT2D eigenvalue weighted by Gasteiger charge is -2.09. The number of ether oxygens (including phenoxy) is 1. The monoisotopic (exact) mass is 246 g/mol. The number of rotatable bonds is 3. The molecule has 4 N–H and O–H groups in total. The van der Waals surface area contributed by atoms with Crippen LogP contribution in [0.1, 0.15) is 16.1 Å². The summed E-state index contributed by atoms with van der Waals surface area (Å²) < 4.78 is 5.11. The molecule has 2 rings (SSSR count). The van der Waals surface area contributed by atoms with Gasteiger partial charge in [0.15, 0.2) is 0 Å². The average Bonchev–Trinajstić information content (AvgIpc) is 2.78. The minimum Gasteiger partial charge on any atom is -0.497 e. The highest BCUT2D eigenvalue weighted by atomic mass is 16.5. The number of aromatic nitrogens is 2. The Morgan fingerprint density at radius 2 is 2.28 bits per heavy atom. The van der Waals surface area contributed by atoms with Gasteiger partial charge in [-0.2, -0.15) is 5.10 Å². The van der Waals surface area contributed by atoms with Crippen LogP contribution in [0.15, 0.2) is 24.4 Å². The van der Waals surface area contributed by atoms with E-state index in [2.05, 4.69) is 15.5 Å². The first-order valence-corrected chi connectivity index (χ1v) is 5.36. The number of aromatic amines is 1. The number of carbonyl (C=O) groups excluding carboxylic acids is 1. The van der Waals surface area contributed by atoms with E-state index in [1.54, 1.807) is 13.2 Å². The minimum absolute atomic E-state index is 0.247. The maximum atomic E-state index is 11.9. The van der Waals surface area contributed by atoms with Crippen molar-refractivity contribution >= 4 is 17.3 Å². The molecule has 0 radical (unpaired) electrons. The Bertz CT molecular complexity index is 577. The van der Waals surface area contributed by atoms with Crippen LogP contribution >= 0.6 is 0 Å². The van der Waals surface area contributed by atoms with Gasteiger partial charge < -0.3 is 15.8 Å². The first-order valence-electron chi connectivity index (χ1n) is 5.36. The van der Waals surface area contributed by atoms with E-state index in [9.17, 15) is 4.79 Å². The molecule has 0 aliphatic heterocycles. The molecule has 0 spiro atoms. The topological polar surface area (TPSA) is 93.0 Å². The molecule has 94 valence electrons. The average molecular weight is 246 g/mol. The van der Waals surface area contributed by atoms with Crippen LogP contribution in [0.4, 0.5) is 11.4 Å². The quantitative estimate of drug-likeness (QED) is 0.766. The van der Waals surface area contributed by atoms with Crippen molar-refractivity contribution < 1.29 is 9.53 Å². The number of nitrogens with two attached hydrogens (primary N) is 1. The van der Waals surface area contributed by atoms with Crippen molar-refractivity contribution in [3.05, 3.63) is 35.7 Å². The first kappa shape index (κ1) is 12.0. The molecule has 2 aromatic rings. The molecule has 0 bridgehead atoms. The van der Waals surface area contributed by atoms with Crippen molar-refractivity contribution in [3.63, 3.8) is 0 Å². The molecule has 1 aromatic carbocycles. The fraction of sp³-hybridized carbons (Fsp3) is 0.167. The second-order valence-electron chi connectivity index (χ2n) is 3.84. The van der Waals surface area contributed by atoms with Crippen molar-refractivity contribution in [1.82, 2.24) is 10.2 Å². The third kappa shape index (κ3) is 2.27. The van der Waals surface area contributed by atoms with Crippen LogP contribution < -0.4 is 15.8 Å². The van der Waals surface area contributed by atoms with E-state index in [-0.39, 0.29) is 11.6 Å². The van der Waals surface area contributed by atoms with Crippen molar-refractivity contribution in [2.45, 2.75) is 6.92 Å². The number of H-pyrrole nitrogens is 1. The Labute approximate surface area is 104 Å².